The van der Waals surface area contributed by atoms with Gasteiger partial charge < -0.3 is 10.4 Å². The summed E-state index contributed by atoms with van der Waals surface area (Å²) in [5.74, 6) is 0.357. The lowest BCUT2D eigenvalue weighted by molar-refractivity contribution is 0.479. The lowest BCUT2D eigenvalue weighted by atomic mass is 10.0. The zero-order valence-electron chi connectivity index (χ0n) is 20.6. The van der Waals surface area contributed by atoms with Crippen LogP contribution in [-0.4, -0.2) is 11.7 Å². The summed E-state index contributed by atoms with van der Waals surface area (Å²) in [7, 11) is 0. The van der Waals surface area contributed by atoms with Crippen molar-refractivity contribution in [2.24, 2.45) is 0 Å². The van der Waals surface area contributed by atoms with Gasteiger partial charge in [0, 0.05) is 12.1 Å². The smallest absolute Gasteiger partial charge is 0.146 e. The van der Waals surface area contributed by atoms with Crippen LogP contribution in [0.1, 0.15) is 110 Å². The molecule has 0 heterocycles. The van der Waals surface area contributed by atoms with E-state index in [0.29, 0.717) is 5.75 Å². The maximum Gasteiger partial charge on any atom is 0.146 e. The van der Waals surface area contributed by atoms with Crippen molar-refractivity contribution in [3.05, 3.63) is 48.5 Å². The van der Waals surface area contributed by atoms with Crippen molar-refractivity contribution >= 4 is 5.69 Å². The second-order valence-corrected chi connectivity index (χ2v) is 9.30. The Hall–Kier alpha value is -1.96. The number of aromatic hydroxyl groups is 1. The molecule has 2 rings (SSSR count). The van der Waals surface area contributed by atoms with E-state index < -0.39 is 0 Å². The van der Waals surface area contributed by atoms with E-state index in [1.54, 1.807) is 0 Å². The van der Waals surface area contributed by atoms with Crippen LogP contribution in [0.2, 0.25) is 0 Å². The molecule has 32 heavy (non-hydrogen) atoms. The Labute approximate surface area is 197 Å². The quantitative estimate of drug-likeness (QED) is 0.169. The van der Waals surface area contributed by atoms with Gasteiger partial charge in [0.25, 0.3) is 0 Å². The highest BCUT2D eigenvalue weighted by atomic mass is 16.3. The second-order valence-electron chi connectivity index (χ2n) is 9.30. The van der Waals surface area contributed by atoms with E-state index in [1.807, 2.05) is 48.5 Å². The van der Waals surface area contributed by atoms with Crippen LogP contribution < -0.4 is 5.32 Å². The first-order valence-corrected chi connectivity index (χ1v) is 13.4. The van der Waals surface area contributed by atoms with Gasteiger partial charge in [-0.3, -0.25) is 0 Å². The predicted molar refractivity (Wildman–Crippen MR) is 142 cm³/mol. The number of phenols is 1. The molecule has 0 bridgehead atoms. The average Bonchev–Trinajstić information content (AvgIpc) is 2.82. The molecule has 0 radical (unpaired) electrons. The fraction of sp³-hybridized carbons (Fsp3) is 0.600. The largest absolute Gasteiger partial charge is 0.505 e. The molecule has 2 heteroatoms. The normalized spacial score (nSPS) is 11.0. The third kappa shape index (κ3) is 11.1. The zero-order chi connectivity index (χ0) is 22.7. The van der Waals surface area contributed by atoms with Crippen molar-refractivity contribution in [1.82, 2.24) is 0 Å². The molecule has 0 aromatic heterocycles. The lowest BCUT2D eigenvalue weighted by Gasteiger charge is -2.12. The van der Waals surface area contributed by atoms with Gasteiger partial charge in [-0.25, -0.2) is 0 Å². The van der Waals surface area contributed by atoms with Crippen molar-refractivity contribution in [2.45, 2.75) is 110 Å². The summed E-state index contributed by atoms with van der Waals surface area (Å²) in [4.78, 5) is 0. The number of phenolic OH excluding ortho intramolecular Hbond substituents is 1. The molecule has 0 aliphatic heterocycles. The molecule has 2 aromatic carbocycles. The first-order chi connectivity index (χ1) is 15.8. The molecule has 0 saturated heterocycles. The third-order valence-electron chi connectivity index (χ3n) is 6.47. The number of hydrogen-bond donors (Lipinski definition) is 2. The highest BCUT2D eigenvalue weighted by molar-refractivity contribution is 5.77. The highest BCUT2D eigenvalue weighted by Crippen LogP contribution is 2.35. The zero-order valence-corrected chi connectivity index (χ0v) is 20.6. The summed E-state index contributed by atoms with van der Waals surface area (Å²) < 4.78 is 0. The van der Waals surface area contributed by atoms with Gasteiger partial charge in [-0.2, -0.15) is 0 Å². The van der Waals surface area contributed by atoms with Gasteiger partial charge in [-0.15, -0.1) is 0 Å². The van der Waals surface area contributed by atoms with Crippen LogP contribution in [0.15, 0.2) is 48.5 Å². The molecule has 0 saturated carbocycles. The van der Waals surface area contributed by atoms with Crippen LogP contribution in [0, 0.1) is 0 Å². The van der Waals surface area contributed by atoms with Gasteiger partial charge >= 0.3 is 0 Å². The summed E-state index contributed by atoms with van der Waals surface area (Å²) in [6, 6.07) is 16.0. The van der Waals surface area contributed by atoms with E-state index in [0.717, 1.165) is 29.8 Å². The first-order valence-electron chi connectivity index (χ1n) is 13.4. The summed E-state index contributed by atoms with van der Waals surface area (Å²) in [6.07, 6.45) is 22.2. The fourth-order valence-electron chi connectivity index (χ4n) is 4.43. The minimum Gasteiger partial charge on any atom is -0.505 e. The minimum absolute atomic E-state index is 0.357. The Kier molecular flexibility index (Phi) is 14.4. The number of anilines is 1. The van der Waals surface area contributed by atoms with Crippen LogP contribution in [0.3, 0.4) is 0 Å². The molecule has 2 nitrogen and oxygen atoms in total. The van der Waals surface area contributed by atoms with Crippen LogP contribution in [-0.2, 0) is 0 Å². The number of rotatable bonds is 19. The highest BCUT2D eigenvalue weighted by Gasteiger charge is 2.08. The summed E-state index contributed by atoms with van der Waals surface area (Å²) >= 11 is 0. The molecule has 0 spiro atoms. The van der Waals surface area contributed by atoms with Crippen LogP contribution in [0.4, 0.5) is 5.69 Å². The number of para-hydroxylation sites is 1. The standard InChI is InChI=1S/C30H47NO/c1-2-3-4-5-6-7-8-9-10-11-12-13-14-15-16-20-26-31-29-25-21-24-28(30(29)32)27-22-18-17-19-23-27/h17-19,21-25,31-32H,2-16,20,26H2,1H3. The lowest BCUT2D eigenvalue weighted by Crippen LogP contribution is -2.02. The van der Waals surface area contributed by atoms with Crippen molar-refractivity contribution < 1.29 is 5.11 Å². The van der Waals surface area contributed by atoms with Crippen LogP contribution >= 0.6 is 0 Å². The predicted octanol–water partition coefficient (Wildman–Crippen LogP) is 9.73. The average molecular weight is 438 g/mol. The first kappa shape index (κ1) is 26.3. The van der Waals surface area contributed by atoms with Gasteiger partial charge in [-0.05, 0) is 18.1 Å². The Morgan fingerprint density at radius 3 is 1.59 bits per heavy atom. The van der Waals surface area contributed by atoms with Gasteiger partial charge in [0.05, 0.1) is 5.69 Å². The van der Waals surface area contributed by atoms with Gasteiger partial charge in [0.15, 0.2) is 0 Å². The molecule has 0 unspecified atom stereocenters. The van der Waals surface area contributed by atoms with E-state index in [4.69, 9.17) is 0 Å². The molecule has 2 N–H and O–H groups in total. The number of nitrogens with one attached hydrogen (secondary N) is 1. The molecule has 178 valence electrons. The van der Waals surface area contributed by atoms with E-state index in [2.05, 4.69) is 12.2 Å². The molecular formula is C30H47NO. The maximum absolute atomic E-state index is 10.6. The molecule has 0 amide bonds. The van der Waals surface area contributed by atoms with E-state index in [-0.39, 0.29) is 0 Å². The molecular weight excluding hydrogens is 390 g/mol. The van der Waals surface area contributed by atoms with Crippen LogP contribution in [0.25, 0.3) is 11.1 Å². The van der Waals surface area contributed by atoms with Gasteiger partial charge in [0.1, 0.15) is 5.75 Å². The number of benzene rings is 2. The molecule has 0 fully saturated rings. The Morgan fingerprint density at radius 2 is 1.06 bits per heavy atom. The Morgan fingerprint density at radius 1 is 0.562 bits per heavy atom. The van der Waals surface area contributed by atoms with Crippen molar-refractivity contribution in [3.8, 4) is 16.9 Å². The van der Waals surface area contributed by atoms with Gasteiger partial charge in [-0.1, -0.05) is 146 Å². The van der Waals surface area contributed by atoms with Crippen molar-refractivity contribution in [2.75, 3.05) is 11.9 Å². The van der Waals surface area contributed by atoms with Crippen molar-refractivity contribution in [1.29, 1.82) is 0 Å². The monoisotopic (exact) mass is 437 g/mol. The number of unbranched alkanes of at least 4 members (excludes halogenated alkanes) is 15. The second kappa shape index (κ2) is 17.6. The Bertz CT molecular complexity index is 697. The Balaban J connectivity index is 1.42. The van der Waals surface area contributed by atoms with E-state index >= 15 is 0 Å². The fourth-order valence-corrected chi connectivity index (χ4v) is 4.43. The molecule has 0 aliphatic rings. The SMILES string of the molecule is CCCCCCCCCCCCCCCCCCNc1cccc(-c2ccccc2)c1O. The number of hydrogen-bond acceptors (Lipinski definition) is 2. The van der Waals surface area contributed by atoms with E-state index in [1.165, 1.54) is 96.3 Å². The topological polar surface area (TPSA) is 32.3 Å². The van der Waals surface area contributed by atoms with Crippen molar-refractivity contribution in [3.63, 3.8) is 0 Å². The third-order valence-corrected chi connectivity index (χ3v) is 6.47. The van der Waals surface area contributed by atoms with Gasteiger partial charge in [0.2, 0.25) is 0 Å². The molecule has 0 atom stereocenters. The maximum atomic E-state index is 10.6. The molecule has 0 aliphatic carbocycles. The minimum atomic E-state index is 0.357. The molecule has 2 aromatic rings. The van der Waals surface area contributed by atoms with Crippen LogP contribution in [0.5, 0.6) is 5.75 Å². The summed E-state index contributed by atoms with van der Waals surface area (Å²) in [5.41, 5.74) is 2.78. The van der Waals surface area contributed by atoms with E-state index in [9.17, 15) is 5.11 Å². The summed E-state index contributed by atoms with van der Waals surface area (Å²) in [6.45, 7) is 3.21. The summed E-state index contributed by atoms with van der Waals surface area (Å²) in [5, 5.41) is 14.0.